The van der Waals surface area contributed by atoms with Gasteiger partial charge in [0.15, 0.2) is 0 Å². The lowest BCUT2D eigenvalue weighted by atomic mass is 10.1. The number of para-hydroxylation sites is 1. The van der Waals surface area contributed by atoms with Crippen LogP contribution in [0.5, 0.6) is 0 Å². The van der Waals surface area contributed by atoms with Crippen LogP contribution in [0.25, 0.3) is 0 Å². The monoisotopic (exact) mass is 284 g/mol. The summed E-state index contributed by atoms with van der Waals surface area (Å²) in [4.78, 5) is 2.04. The van der Waals surface area contributed by atoms with Crippen LogP contribution < -0.4 is 10.2 Å². The first-order valence-electron chi connectivity index (χ1n) is 6.79. The Labute approximate surface area is 121 Å². The van der Waals surface area contributed by atoms with Gasteiger partial charge in [0.05, 0.1) is 17.3 Å². The second-order valence-corrected chi connectivity index (χ2v) is 5.82. The molecule has 1 unspecified atom stereocenters. The van der Waals surface area contributed by atoms with Crippen LogP contribution in [-0.4, -0.2) is 31.3 Å². The average molecular weight is 285 g/mol. The van der Waals surface area contributed by atoms with Crippen molar-refractivity contribution >= 4 is 17.3 Å². The first kappa shape index (κ1) is 16.3. The molecule has 108 valence electrons. The van der Waals surface area contributed by atoms with Crippen molar-refractivity contribution in [2.45, 2.75) is 33.4 Å². The predicted octanol–water partition coefficient (Wildman–Crippen LogP) is 2.90. The molecule has 3 nitrogen and oxygen atoms in total. The largest absolute Gasteiger partial charge is 0.394 e. The van der Waals surface area contributed by atoms with Crippen molar-refractivity contribution in [1.29, 1.82) is 0 Å². The normalized spacial score (nSPS) is 12.8. The molecule has 0 saturated carbocycles. The topological polar surface area (TPSA) is 35.5 Å². The van der Waals surface area contributed by atoms with Crippen molar-refractivity contribution in [3.8, 4) is 0 Å². The van der Waals surface area contributed by atoms with Gasteiger partial charge in [0, 0.05) is 19.6 Å². The number of benzene rings is 1. The number of hydrogen-bond acceptors (Lipinski definition) is 3. The molecule has 1 aromatic carbocycles. The molecule has 0 fully saturated rings. The minimum atomic E-state index is 0.0451. The van der Waals surface area contributed by atoms with Crippen molar-refractivity contribution in [1.82, 2.24) is 5.32 Å². The molecular formula is C15H25ClN2O. The van der Waals surface area contributed by atoms with Crippen LogP contribution in [0, 0.1) is 5.92 Å². The van der Waals surface area contributed by atoms with E-state index in [4.69, 9.17) is 11.6 Å². The van der Waals surface area contributed by atoms with Gasteiger partial charge in [0.2, 0.25) is 0 Å². The van der Waals surface area contributed by atoms with E-state index in [9.17, 15) is 5.11 Å². The molecule has 0 aromatic heterocycles. The summed E-state index contributed by atoms with van der Waals surface area (Å²) in [6.07, 6.45) is 0. The molecular weight excluding hydrogens is 260 g/mol. The number of aliphatic hydroxyl groups excluding tert-OH is 1. The fraction of sp³-hybridized carbons (Fsp3) is 0.600. The minimum absolute atomic E-state index is 0.0451. The summed E-state index contributed by atoms with van der Waals surface area (Å²) in [5.74, 6) is 0.622. The second kappa shape index (κ2) is 7.73. The highest BCUT2D eigenvalue weighted by Crippen LogP contribution is 2.30. The summed E-state index contributed by atoms with van der Waals surface area (Å²) in [7, 11) is 1.97. The molecule has 0 spiro atoms. The maximum absolute atomic E-state index is 9.30. The third-order valence-corrected chi connectivity index (χ3v) is 3.52. The zero-order valence-electron chi connectivity index (χ0n) is 12.3. The maximum atomic E-state index is 9.30. The Kier molecular flexibility index (Phi) is 6.63. The molecule has 0 aliphatic heterocycles. The number of nitrogens with zero attached hydrogens (tertiary/aromatic N) is 1. The van der Waals surface area contributed by atoms with Gasteiger partial charge in [0.1, 0.15) is 0 Å². The van der Waals surface area contributed by atoms with Crippen LogP contribution in [0.3, 0.4) is 0 Å². The van der Waals surface area contributed by atoms with Crippen LogP contribution >= 0.6 is 11.6 Å². The van der Waals surface area contributed by atoms with Crippen LogP contribution in [0.4, 0.5) is 5.69 Å². The number of likely N-dealkylation sites (N-methyl/N-ethyl adjacent to an activating group) is 1. The van der Waals surface area contributed by atoms with E-state index >= 15 is 0 Å². The van der Waals surface area contributed by atoms with Gasteiger partial charge in [-0.3, -0.25) is 0 Å². The van der Waals surface area contributed by atoms with Gasteiger partial charge in [-0.15, -0.1) is 0 Å². The van der Waals surface area contributed by atoms with Gasteiger partial charge < -0.3 is 15.3 Å². The number of halogens is 1. The van der Waals surface area contributed by atoms with Gasteiger partial charge in [-0.05, 0) is 31.0 Å². The molecule has 4 heteroatoms. The highest BCUT2D eigenvalue weighted by Gasteiger charge is 2.15. The Balaban J connectivity index is 2.88. The van der Waals surface area contributed by atoms with Crippen molar-refractivity contribution < 1.29 is 5.11 Å². The van der Waals surface area contributed by atoms with E-state index < -0.39 is 0 Å². The van der Waals surface area contributed by atoms with Gasteiger partial charge in [-0.2, -0.15) is 0 Å². The number of anilines is 1. The summed E-state index contributed by atoms with van der Waals surface area (Å²) >= 11 is 6.32. The third-order valence-electron chi connectivity index (χ3n) is 3.22. The Morgan fingerprint density at radius 3 is 2.58 bits per heavy atom. The molecule has 19 heavy (non-hydrogen) atoms. The molecule has 0 aliphatic carbocycles. The van der Waals surface area contributed by atoms with Crippen LogP contribution in [0.2, 0.25) is 5.02 Å². The fourth-order valence-corrected chi connectivity index (χ4v) is 2.26. The summed E-state index contributed by atoms with van der Waals surface area (Å²) in [5, 5.41) is 13.5. The third kappa shape index (κ3) is 4.68. The Hall–Kier alpha value is -0.770. The standard InChI is InChI=1S/C15H25ClN2O/c1-11(2)8-17-9-13-6-5-7-14(16)15(13)18(4)12(3)10-19/h5-7,11-12,17,19H,8-10H2,1-4H3. The van der Waals surface area contributed by atoms with Gasteiger partial charge in [-0.1, -0.05) is 37.6 Å². The van der Waals surface area contributed by atoms with Crippen molar-refractivity contribution in [3.63, 3.8) is 0 Å². The van der Waals surface area contributed by atoms with Crippen molar-refractivity contribution in [2.24, 2.45) is 5.92 Å². The number of hydrogen-bond donors (Lipinski definition) is 2. The van der Waals surface area contributed by atoms with Gasteiger partial charge in [-0.25, -0.2) is 0 Å². The lowest BCUT2D eigenvalue weighted by Crippen LogP contribution is -2.33. The maximum Gasteiger partial charge on any atom is 0.0642 e. The molecule has 0 aliphatic rings. The molecule has 2 N–H and O–H groups in total. The lowest BCUT2D eigenvalue weighted by molar-refractivity contribution is 0.270. The quantitative estimate of drug-likeness (QED) is 0.808. The van der Waals surface area contributed by atoms with Gasteiger partial charge in [0.25, 0.3) is 0 Å². The van der Waals surface area contributed by atoms with E-state index in [2.05, 4.69) is 25.2 Å². The van der Waals surface area contributed by atoms with E-state index in [0.29, 0.717) is 5.92 Å². The lowest BCUT2D eigenvalue weighted by Gasteiger charge is -2.29. The molecule has 0 bridgehead atoms. The SMILES string of the molecule is CC(C)CNCc1cccc(Cl)c1N(C)C(C)CO. The van der Waals surface area contributed by atoms with E-state index in [0.717, 1.165) is 29.4 Å². The molecule has 1 rings (SSSR count). The van der Waals surface area contributed by atoms with Crippen molar-refractivity contribution in [2.75, 3.05) is 25.1 Å². The second-order valence-electron chi connectivity index (χ2n) is 5.41. The van der Waals surface area contributed by atoms with E-state index in [1.165, 1.54) is 0 Å². The summed E-state index contributed by atoms with van der Waals surface area (Å²) in [6.45, 7) is 8.23. The predicted molar refractivity (Wildman–Crippen MR) is 82.9 cm³/mol. The molecule has 0 heterocycles. The zero-order valence-corrected chi connectivity index (χ0v) is 13.0. The Morgan fingerprint density at radius 2 is 2.00 bits per heavy atom. The highest BCUT2D eigenvalue weighted by atomic mass is 35.5. The molecule has 0 amide bonds. The number of aliphatic hydroxyl groups is 1. The highest BCUT2D eigenvalue weighted by molar-refractivity contribution is 6.33. The first-order chi connectivity index (χ1) is 8.97. The number of nitrogens with one attached hydrogen (secondary N) is 1. The van der Waals surface area contributed by atoms with Crippen molar-refractivity contribution in [3.05, 3.63) is 28.8 Å². The van der Waals surface area contributed by atoms with Gasteiger partial charge >= 0.3 is 0 Å². The summed E-state index contributed by atoms with van der Waals surface area (Å²) in [6, 6.07) is 5.98. The zero-order chi connectivity index (χ0) is 14.4. The van der Waals surface area contributed by atoms with E-state index in [1.807, 2.05) is 31.0 Å². The van der Waals surface area contributed by atoms with Crippen LogP contribution in [0.15, 0.2) is 18.2 Å². The minimum Gasteiger partial charge on any atom is -0.394 e. The Morgan fingerprint density at radius 1 is 1.32 bits per heavy atom. The number of rotatable bonds is 7. The van der Waals surface area contributed by atoms with E-state index in [-0.39, 0.29) is 12.6 Å². The smallest absolute Gasteiger partial charge is 0.0642 e. The Bertz CT molecular complexity index is 396. The van der Waals surface area contributed by atoms with E-state index in [1.54, 1.807) is 0 Å². The molecule has 0 saturated heterocycles. The molecule has 1 aromatic rings. The summed E-state index contributed by atoms with van der Waals surface area (Å²) < 4.78 is 0. The van der Waals surface area contributed by atoms with Crippen LogP contribution in [-0.2, 0) is 6.54 Å². The average Bonchev–Trinajstić information content (AvgIpc) is 2.37. The summed E-state index contributed by atoms with van der Waals surface area (Å²) in [5.41, 5.74) is 2.16. The van der Waals surface area contributed by atoms with Crippen LogP contribution in [0.1, 0.15) is 26.3 Å². The first-order valence-corrected chi connectivity index (χ1v) is 7.17. The molecule has 1 atom stereocenters. The fourth-order valence-electron chi connectivity index (χ4n) is 1.94. The molecule has 0 radical (unpaired) electrons.